The Bertz CT molecular complexity index is 389. The van der Waals surface area contributed by atoms with Crippen molar-refractivity contribution in [3.63, 3.8) is 0 Å². The van der Waals surface area contributed by atoms with Crippen LogP contribution < -0.4 is 5.73 Å². The average Bonchev–Trinajstić information content (AvgIpc) is 2.23. The predicted octanol–water partition coefficient (Wildman–Crippen LogP) is 2.23. The van der Waals surface area contributed by atoms with Gasteiger partial charge in [-0.15, -0.1) is 0 Å². The van der Waals surface area contributed by atoms with Gasteiger partial charge in [-0.3, -0.25) is 4.79 Å². The number of carboxylic acids is 1. The van der Waals surface area contributed by atoms with E-state index in [2.05, 4.69) is 15.9 Å². The third kappa shape index (κ3) is 4.11. The minimum absolute atomic E-state index is 0.309. The van der Waals surface area contributed by atoms with E-state index in [0.29, 0.717) is 16.0 Å². The quantitative estimate of drug-likeness (QED) is 0.875. The first-order valence-electron chi connectivity index (χ1n) is 4.50. The fourth-order valence-corrected chi connectivity index (χ4v) is 2.36. The molecule has 0 aliphatic carbocycles. The van der Waals surface area contributed by atoms with E-state index >= 15 is 0 Å². The maximum Gasteiger partial charge on any atom is 0.321 e. The van der Waals surface area contributed by atoms with Crippen LogP contribution in [0.5, 0.6) is 0 Å². The van der Waals surface area contributed by atoms with Crippen molar-refractivity contribution in [2.75, 3.05) is 5.75 Å². The highest BCUT2D eigenvalue weighted by Gasteiger charge is 2.11. The molecule has 16 heavy (non-hydrogen) atoms. The van der Waals surface area contributed by atoms with E-state index in [4.69, 9.17) is 10.8 Å². The Labute approximate surface area is 105 Å². The van der Waals surface area contributed by atoms with Gasteiger partial charge < -0.3 is 10.8 Å². The van der Waals surface area contributed by atoms with Gasteiger partial charge in [-0.05, 0) is 33.6 Å². The lowest BCUT2D eigenvalue weighted by Crippen LogP contribution is -2.32. The molecule has 0 saturated carbocycles. The number of nitrogens with two attached hydrogens (primary N) is 1. The Kier molecular flexibility index (Phi) is 5.24. The molecular weight excluding hydrogens is 297 g/mol. The highest BCUT2D eigenvalue weighted by Crippen LogP contribution is 2.20. The van der Waals surface area contributed by atoms with Crippen LogP contribution in [0, 0.1) is 5.82 Å². The average molecular weight is 308 g/mol. The molecule has 0 unspecified atom stereocenters. The second-order valence-corrected chi connectivity index (χ2v) is 5.09. The molecule has 1 aromatic carbocycles. The zero-order chi connectivity index (χ0) is 12.1. The van der Waals surface area contributed by atoms with Gasteiger partial charge in [0.2, 0.25) is 0 Å². The molecule has 1 rings (SSSR count). The molecule has 6 heteroatoms. The SMILES string of the molecule is N[C@@H](CSCc1ccc(F)c(Br)c1)C(=O)O. The lowest BCUT2D eigenvalue weighted by atomic mass is 10.2. The summed E-state index contributed by atoms with van der Waals surface area (Å²) in [7, 11) is 0. The van der Waals surface area contributed by atoms with Crippen LogP contribution in [0.2, 0.25) is 0 Å². The molecule has 1 atom stereocenters. The Morgan fingerprint density at radius 3 is 2.88 bits per heavy atom. The molecule has 0 amide bonds. The van der Waals surface area contributed by atoms with Crippen molar-refractivity contribution in [1.82, 2.24) is 0 Å². The lowest BCUT2D eigenvalue weighted by Gasteiger charge is -2.06. The van der Waals surface area contributed by atoms with Crippen LogP contribution in [-0.2, 0) is 10.5 Å². The molecule has 3 N–H and O–H groups in total. The van der Waals surface area contributed by atoms with E-state index in [-0.39, 0.29) is 5.82 Å². The Balaban J connectivity index is 2.43. The van der Waals surface area contributed by atoms with Gasteiger partial charge in [0.15, 0.2) is 0 Å². The van der Waals surface area contributed by atoms with Crippen molar-refractivity contribution in [2.45, 2.75) is 11.8 Å². The van der Waals surface area contributed by atoms with Crippen LogP contribution >= 0.6 is 27.7 Å². The molecular formula is C10H11BrFNO2S. The Morgan fingerprint density at radius 1 is 1.62 bits per heavy atom. The first-order valence-corrected chi connectivity index (χ1v) is 6.45. The number of hydrogen-bond donors (Lipinski definition) is 2. The number of hydrogen-bond acceptors (Lipinski definition) is 3. The Hall–Kier alpha value is -0.590. The zero-order valence-corrected chi connectivity index (χ0v) is 10.7. The third-order valence-electron chi connectivity index (χ3n) is 1.87. The van der Waals surface area contributed by atoms with E-state index < -0.39 is 12.0 Å². The maximum atomic E-state index is 12.9. The van der Waals surface area contributed by atoms with Crippen molar-refractivity contribution in [3.05, 3.63) is 34.1 Å². The molecule has 0 fully saturated rings. The number of carbonyl (C=O) groups is 1. The van der Waals surface area contributed by atoms with Crippen molar-refractivity contribution in [3.8, 4) is 0 Å². The predicted molar refractivity (Wildman–Crippen MR) is 65.9 cm³/mol. The maximum absolute atomic E-state index is 12.9. The van der Waals surface area contributed by atoms with Crippen molar-refractivity contribution in [1.29, 1.82) is 0 Å². The van der Waals surface area contributed by atoms with Gasteiger partial charge in [-0.1, -0.05) is 6.07 Å². The second-order valence-electron chi connectivity index (χ2n) is 3.21. The van der Waals surface area contributed by atoms with Gasteiger partial charge in [0.25, 0.3) is 0 Å². The summed E-state index contributed by atoms with van der Waals surface area (Å²) in [6.07, 6.45) is 0. The summed E-state index contributed by atoms with van der Waals surface area (Å²) < 4.78 is 13.3. The molecule has 0 spiro atoms. The minimum atomic E-state index is -1.01. The van der Waals surface area contributed by atoms with Crippen LogP contribution in [0.3, 0.4) is 0 Å². The number of thioether (sulfide) groups is 1. The largest absolute Gasteiger partial charge is 0.480 e. The number of rotatable bonds is 5. The monoisotopic (exact) mass is 307 g/mol. The van der Waals surface area contributed by atoms with E-state index in [1.54, 1.807) is 12.1 Å². The van der Waals surface area contributed by atoms with Gasteiger partial charge in [-0.2, -0.15) is 11.8 Å². The molecule has 0 aliphatic rings. The summed E-state index contributed by atoms with van der Waals surface area (Å²) in [6, 6.07) is 3.86. The molecule has 88 valence electrons. The van der Waals surface area contributed by atoms with E-state index in [9.17, 15) is 9.18 Å². The lowest BCUT2D eigenvalue weighted by molar-refractivity contribution is -0.137. The van der Waals surface area contributed by atoms with Crippen LogP contribution in [0.25, 0.3) is 0 Å². The highest BCUT2D eigenvalue weighted by molar-refractivity contribution is 9.10. The number of aliphatic carboxylic acids is 1. The van der Waals surface area contributed by atoms with Gasteiger partial charge >= 0.3 is 5.97 Å². The fourth-order valence-electron chi connectivity index (χ4n) is 1.00. The first kappa shape index (κ1) is 13.5. The number of benzene rings is 1. The van der Waals surface area contributed by atoms with Crippen LogP contribution in [0.15, 0.2) is 22.7 Å². The van der Waals surface area contributed by atoms with E-state index in [0.717, 1.165) is 5.56 Å². The highest BCUT2D eigenvalue weighted by atomic mass is 79.9. The number of carboxylic acid groups (broad SMARTS) is 1. The second kappa shape index (κ2) is 6.22. The van der Waals surface area contributed by atoms with E-state index in [1.165, 1.54) is 17.8 Å². The minimum Gasteiger partial charge on any atom is -0.480 e. The van der Waals surface area contributed by atoms with Crippen molar-refractivity contribution < 1.29 is 14.3 Å². The Morgan fingerprint density at radius 2 is 2.31 bits per heavy atom. The summed E-state index contributed by atoms with van der Waals surface area (Å²) in [4.78, 5) is 10.4. The molecule has 1 aromatic rings. The molecule has 0 aliphatic heterocycles. The van der Waals surface area contributed by atoms with E-state index in [1.807, 2.05) is 0 Å². The summed E-state index contributed by atoms with van der Waals surface area (Å²) in [5, 5.41) is 8.56. The summed E-state index contributed by atoms with van der Waals surface area (Å²) in [5.74, 6) is -0.367. The van der Waals surface area contributed by atoms with Crippen molar-refractivity contribution in [2.24, 2.45) is 5.73 Å². The van der Waals surface area contributed by atoms with Crippen molar-refractivity contribution >= 4 is 33.7 Å². The summed E-state index contributed by atoms with van der Waals surface area (Å²) >= 11 is 4.50. The molecule has 0 radical (unpaired) electrons. The fraction of sp³-hybridized carbons (Fsp3) is 0.300. The van der Waals surface area contributed by atoms with Crippen LogP contribution in [0.1, 0.15) is 5.56 Å². The zero-order valence-electron chi connectivity index (χ0n) is 8.32. The molecule has 0 aromatic heterocycles. The van der Waals surface area contributed by atoms with Gasteiger partial charge in [0.1, 0.15) is 11.9 Å². The molecule has 3 nitrogen and oxygen atoms in total. The van der Waals surface area contributed by atoms with Crippen LogP contribution in [0.4, 0.5) is 4.39 Å². The molecule has 0 heterocycles. The van der Waals surface area contributed by atoms with Crippen LogP contribution in [-0.4, -0.2) is 22.9 Å². The van der Waals surface area contributed by atoms with Gasteiger partial charge in [0, 0.05) is 11.5 Å². The summed E-state index contributed by atoms with van der Waals surface area (Å²) in [5.41, 5.74) is 6.27. The molecule has 0 bridgehead atoms. The first-order chi connectivity index (χ1) is 7.50. The third-order valence-corrected chi connectivity index (χ3v) is 3.61. The standard InChI is InChI=1S/C10H11BrFNO2S/c11-7-3-6(1-2-8(7)12)4-16-5-9(13)10(14)15/h1-3,9H,4-5,13H2,(H,14,15)/t9-/m0/s1. The van der Waals surface area contributed by atoms with Gasteiger partial charge in [0.05, 0.1) is 4.47 Å². The number of halogens is 2. The normalized spacial score (nSPS) is 12.4. The molecule has 0 saturated heterocycles. The topological polar surface area (TPSA) is 63.3 Å². The summed E-state index contributed by atoms with van der Waals surface area (Å²) in [6.45, 7) is 0. The smallest absolute Gasteiger partial charge is 0.321 e. The van der Waals surface area contributed by atoms with Gasteiger partial charge in [-0.25, -0.2) is 4.39 Å².